The van der Waals surface area contributed by atoms with Gasteiger partial charge in [-0.2, -0.15) is 0 Å². The smallest absolute Gasteiger partial charge is 0.330 e. The molecule has 0 heterocycles. The van der Waals surface area contributed by atoms with Crippen molar-refractivity contribution in [3.8, 4) is 0 Å². The van der Waals surface area contributed by atoms with Gasteiger partial charge in [-0.15, -0.1) is 0 Å². The Morgan fingerprint density at radius 3 is 1.67 bits per heavy atom. The molecule has 0 radical (unpaired) electrons. The summed E-state index contributed by atoms with van der Waals surface area (Å²) in [6, 6.07) is 0. The number of rotatable bonds is 2. The summed E-state index contributed by atoms with van der Waals surface area (Å²) in [5.74, 6) is -0.276. The van der Waals surface area contributed by atoms with Gasteiger partial charge in [0.1, 0.15) is 0 Å². The van der Waals surface area contributed by atoms with Crippen molar-refractivity contribution in [1.82, 2.24) is 0 Å². The molecule has 0 saturated heterocycles. The zero-order chi connectivity index (χ0) is 13.2. The molecule has 1 aliphatic rings. The van der Waals surface area contributed by atoms with Crippen molar-refractivity contribution in [2.75, 3.05) is 0 Å². The van der Waals surface area contributed by atoms with Crippen molar-refractivity contribution in [2.45, 2.75) is 77.6 Å². The van der Waals surface area contributed by atoms with E-state index in [4.69, 9.17) is 5.11 Å². The minimum absolute atomic E-state index is 0.487. The number of carbonyl (C=O) groups is 1. The summed E-state index contributed by atoms with van der Waals surface area (Å²) in [4.78, 5) is 10.9. The molecule has 1 aliphatic carbocycles. The molecule has 1 saturated carbocycles. The zero-order valence-electron chi connectivity index (χ0n) is 11.8. The molecule has 0 aromatic rings. The number of hydrogen-bond acceptors (Lipinski definition) is 1. The van der Waals surface area contributed by atoms with Crippen LogP contribution in [0.15, 0.2) is 11.6 Å². The van der Waals surface area contributed by atoms with Gasteiger partial charge >= 0.3 is 5.97 Å². The number of aliphatic carboxylic acids is 1. The predicted molar refractivity (Wildman–Crippen MR) is 75.7 cm³/mol. The first-order valence-electron chi connectivity index (χ1n) is 7.62. The van der Waals surface area contributed by atoms with Crippen molar-refractivity contribution >= 4 is 5.97 Å². The lowest BCUT2D eigenvalue weighted by molar-refractivity contribution is -0.132. The fourth-order valence-electron chi connectivity index (χ4n) is 2.79. The average molecular weight is 252 g/mol. The van der Waals surface area contributed by atoms with E-state index in [1.54, 1.807) is 6.92 Å². The van der Waals surface area contributed by atoms with Crippen molar-refractivity contribution in [1.29, 1.82) is 0 Å². The van der Waals surface area contributed by atoms with Crippen LogP contribution in [0, 0.1) is 5.92 Å². The lowest BCUT2D eigenvalue weighted by Crippen LogP contribution is -2.03. The lowest BCUT2D eigenvalue weighted by Gasteiger charge is -2.14. The van der Waals surface area contributed by atoms with Crippen molar-refractivity contribution in [2.24, 2.45) is 5.92 Å². The third-order valence-corrected chi connectivity index (χ3v) is 3.97. The van der Waals surface area contributed by atoms with E-state index in [9.17, 15) is 4.79 Å². The van der Waals surface area contributed by atoms with Gasteiger partial charge in [-0.25, -0.2) is 4.79 Å². The highest BCUT2D eigenvalue weighted by atomic mass is 16.4. The molecule has 0 spiro atoms. The highest BCUT2D eigenvalue weighted by Gasteiger charge is 2.09. The Balaban J connectivity index is 2.45. The molecule has 1 N–H and O–H groups in total. The van der Waals surface area contributed by atoms with E-state index in [1.807, 2.05) is 6.08 Å². The van der Waals surface area contributed by atoms with Crippen molar-refractivity contribution < 1.29 is 9.90 Å². The Morgan fingerprint density at radius 1 is 0.889 bits per heavy atom. The summed E-state index contributed by atoms with van der Waals surface area (Å²) >= 11 is 0. The molecule has 0 unspecified atom stereocenters. The molecule has 1 fully saturated rings. The van der Waals surface area contributed by atoms with Crippen LogP contribution in [0.5, 0.6) is 0 Å². The molecule has 0 aliphatic heterocycles. The summed E-state index contributed by atoms with van der Waals surface area (Å²) in [5.41, 5.74) is 0.520. The molecular weight excluding hydrogens is 224 g/mol. The summed E-state index contributed by atoms with van der Waals surface area (Å²) in [6.07, 6.45) is 16.4. The second-order valence-electron chi connectivity index (χ2n) is 5.67. The van der Waals surface area contributed by atoms with E-state index < -0.39 is 5.97 Å². The van der Waals surface area contributed by atoms with Gasteiger partial charge in [-0.1, -0.05) is 63.9 Å². The normalized spacial score (nSPS) is 21.9. The molecular formula is C16H28O2. The Kier molecular flexibility index (Phi) is 7.79. The molecule has 2 nitrogen and oxygen atoms in total. The van der Waals surface area contributed by atoms with Crippen LogP contribution in [0.3, 0.4) is 0 Å². The molecule has 0 atom stereocenters. The largest absolute Gasteiger partial charge is 0.478 e. The molecule has 0 aromatic carbocycles. The highest BCUT2D eigenvalue weighted by Crippen LogP contribution is 2.23. The van der Waals surface area contributed by atoms with Crippen LogP contribution < -0.4 is 0 Å². The average Bonchev–Trinajstić information content (AvgIpc) is 2.32. The van der Waals surface area contributed by atoms with Gasteiger partial charge in [0.05, 0.1) is 0 Å². The van der Waals surface area contributed by atoms with Crippen LogP contribution >= 0.6 is 0 Å². The zero-order valence-corrected chi connectivity index (χ0v) is 11.8. The second kappa shape index (κ2) is 9.18. The van der Waals surface area contributed by atoms with Gasteiger partial charge in [-0.3, -0.25) is 0 Å². The van der Waals surface area contributed by atoms with Gasteiger partial charge in [0.25, 0.3) is 0 Å². The quantitative estimate of drug-likeness (QED) is 0.707. The first-order valence-corrected chi connectivity index (χ1v) is 7.62. The van der Waals surface area contributed by atoms with Crippen LogP contribution in [-0.4, -0.2) is 11.1 Å². The predicted octanol–water partition coefficient (Wildman–Crippen LogP) is 4.94. The standard InChI is InChI=1S/C16H28O2/c1-14(16(17)18)13-15-11-9-7-5-3-2-4-6-8-10-12-15/h13,15H,2-12H2,1H3,(H,17,18)/b14-13+. The monoisotopic (exact) mass is 252 g/mol. The Labute approximate surface area is 111 Å². The Morgan fingerprint density at radius 2 is 1.28 bits per heavy atom. The number of allylic oxidation sites excluding steroid dienone is 1. The van der Waals surface area contributed by atoms with E-state index in [0.29, 0.717) is 11.5 Å². The number of hydrogen-bond donors (Lipinski definition) is 1. The van der Waals surface area contributed by atoms with Gasteiger partial charge in [0.15, 0.2) is 0 Å². The van der Waals surface area contributed by atoms with E-state index in [0.717, 1.165) is 0 Å². The maximum absolute atomic E-state index is 10.9. The minimum Gasteiger partial charge on any atom is -0.478 e. The van der Waals surface area contributed by atoms with E-state index in [2.05, 4.69) is 0 Å². The fourth-order valence-corrected chi connectivity index (χ4v) is 2.79. The SMILES string of the molecule is C/C(=C\C1CCCCCCCCCCC1)C(=O)O. The van der Waals surface area contributed by atoms with E-state index in [1.165, 1.54) is 70.6 Å². The maximum Gasteiger partial charge on any atom is 0.330 e. The molecule has 104 valence electrons. The Hall–Kier alpha value is -0.790. The first kappa shape index (κ1) is 15.3. The Bertz CT molecular complexity index is 256. The van der Waals surface area contributed by atoms with Crippen LogP contribution in [0.1, 0.15) is 77.6 Å². The van der Waals surface area contributed by atoms with Crippen LogP contribution in [-0.2, 0) is 4.79 Å². The molecule has 18 heavy (non-hydrogen) atoms. The van der Waals surface area contributed by atoms with Gasteiger partial charge in [0.2, 0.25) is 0 Å². The third-order valence-electron chi connectivity index (χ3n) is 3.97. The summed E-state index contributed by atoms with van der Waals surface area (Å²) in [6.45, 7) is 1.72. The minimum atomic E-state index is -0.763. The second-order valence-corrected chi connectivity index (χ2v) is 5.67. The van der Waals surface area contributed by atoms with Gasteiger partial charge < -0.3 is 5.11 Å². The van der Waals surface area contributed by atoms with Gasteiger partial charge in [-0.05, 0) is 25.7 Å². The number of carboxylic acids is 1. The fraction of sp³-hybridized carbons (Fsp3) is 0.812. The highest BCUT2D eigenvalue weighted by molar-refractivity contribution is 5.85. The maximum atomic E-state index is 10.9. The molecule has 0 aromatic heterocycles. The van der Waals surface area contributed by atoms with Crippen LogP contribution in [0.2, 0.25) is 0 Å². The van der Waals surface area contributed by atoms with E-state index >= 15 is 0 Å². The topological polar surface area (TPSA) is 37.3 Å². The first-order chi connectivity index (χ1) is 8.70. The van der Waals surface area contributed by atoms with Crippen LogP contribution in [0.25, 0.3) is 0 Å². The lowest BCUT2D eigenvalue weighted by atomic mass is 9.91. The summed E-state index contributed by atoms with van der Waals surface area (Å²) in [5, 5.41) is 8.95. The number of carboxylic acid groups (broad SMARTS) is 1. The van der Waals surface area contributed by atoms with Crippen molar-refractivity contribution in [3.63, 3.8) is 0 Å². The van der Waals surface area contributed by atoms with Crippen LogP contribution in [0.4, 0.5) is 0 Å². The van der Waals surface area contributed by atoms with E-state index in [-0.39, 0.29) is 0 Å². The molecule has 2 heteroatoms. The molecule has 0 bridgehead atoms. The van der Waals surface area contributed by atoms with Crippen molar-refractivity contribution in [3.05, 3.63) is 11.6 Å². The summed E-state index contributed by atoms with van der Waals surface area (Å²) < 4.78 is 0. The third kappa shape index (κ3) is 6.83. The molecule has 0 amide bonds. The van der Waals surface area contributed by atoms with Gasteiger partial charge in [0, 0.05) is 5.57 Å². The molecule has 1 rings (SSSR count). The summed E-state index contributed by atoms with van der Waals surface area (Å²) in [7, 11) is 0.